The van der Waals surface area contributed by atoms with Gasteiger partial charge in [0.1, 0.15) is 11.5 Å². The second-order valence-electron chi connectivity index (χ2n) is 18.0. The summed E-state index contributed by atoms with van der Waals surface area (Å²) in [7, 11) is -6.42. The lowest BCUT2D eigenvalue weighted by Gasteiger charge is -2.25. The quantitative estimate of drug-likeness (QED) is 0.0159. The van der Waals surface area contributed by atoms with E-state index < -0.39 is 26.5 Å². The molecule has 0 aliphatic rings. The molecule has 0 aliphatic carbocycles. The topological polar surface area (TPSA) is 64.0 Å². The SMILES string of the molecule is CCCCCCCCn1c2ccc(C(=O)/C=C(\OB(F)F)c3ccc(N(c4ccccc4)c4ccccc4)cc3)cc2c2cc(C(=O)/C=C(\OB(F)F)c3ccc(N(c4ccccc4)c4ccccc4)cc3)ccc21. The van der Waals surface area contributed by atoms with E-state index in [1.807, 2.05) is 143 Å². The number of benzene rings is 8. The molecule has 0 unspecified atom stereocenters. The third-order valence-corrected chi connectivity index (χ3v) is 13.0. The molecule has 75 heavy (non-hydrogen) atoms. The van der Waals surface area contributed by atoms with E-state index in [0.717, 1.165) is 89.4 Å². The van der Waals surface area contributed by atoms with Crippen LogP contribution < -0.4 is 9.80 Å². The molecule has 0 fully saturated rings. The Morgan fingerprint density at radius 3 is 1.09 bits per heavy atom. The van der Waals surface area contributed by atoms with Gasteiger partial charge in [-0.2, -0.15) is 0 Å². The molecular weight excluding hydrogens is 948 g/mol. The second kappa shape index (κ2) is 24.4. The van der Waals surface area contributed by atoms with E-state index in [0.29, 0.717) is 17.3 Å². The molecule has 0 radical (unpaired) electrons. The molecule has 1 aromatic heterocycles. The maximum Gasteiger partial charge on any atom is 0.796 e. The zero-order valence-electron chi connectivity index (χ0n) is 41.4. The second-order valence-corrected chi connectivity index (χ2v) is 18.0. The standard InChI is InChI=1S/C62H53B2F4N3O4/c1-2-3-4-5-6-19-40-69-57-38-32-47(59(72)43-61(74-63(65)66)45-28-34-53(35-29-45)70(49-20-11-7-12-21-49)50-22-13-8-14-23-50)41-55(57)56-42-48(33-39-58(56)69)60(73)44-62(75-64(67)68)46-30-36-54(37-31-46)71(51-24-15-9-16-25-51)52-26-17-10-18-27-52/h7-18,20-39,41-44H,2-6,19,40H2,1H3/b61-43-,62-44-. The van der Waals surface area contributed by atoms with Crippen molar-refractivity contribution in [1.82, 2.24) is 4.57 Å². The number of fused-ring (bicyclic) bond motifs is 3. The Kier molecular flexibility index (Phi) is 16.7. The molecule has 1 heterocycles. The molecule has 8 aromatic carbocycles. The van der Waals surface area contributed by atoms with Gasteiger partial charge in [-0.15, -0.1) is 0 Å². The van der Waals surface area contributed by atoms with Crippen LogP contribution in [0.2, 0.25) is 0 Å². The molecule has 7 nitrogen and oxygen atoms in total. The van der Waals surface area contributed by atoms with E-state index in [-0.39, 0.29) is 33.8 Å². The van der Waals surface area contributed by atoms with Gasteiger partial charge in [-0.25, -0.2) is 17.3 Å². The first-order chi connectivity index (χ1) is 36.6. The highest BCUT2D eigenvalue weighted by molar-refractivity contribution is 6.36. The van der Waals surface area contributed by atoms with E-state index in [9.17, 15) is 26.9 Å². The van der Waals surface area contributed by atoms with Crippen molar-refractivity contribution in [2.45, 2.75) is 52.0 Å². The number of carbonyl (C=O) groups is 2. The molecular formula is C62H53B2F4N3O4. The number of nitrogens with zero attached hydrogens (tertiary/aromatic N) is 3. The van der Waals surface area contributed by atoms with Gasteiger partial charge in [0.15, 0.2) is 11.6 Å². The van der Waals surface area contributed by atoms with Gasteiger partial charge < -0.3 is 23.7 Å². The molecule has 374 valence electrons. The highest BCUT2D eigenvalue weighted by Gasteiger charge is 2.25. The zero-order valence-corrected chi connectivity index (χ0v) is 41.4. The number of carbonyl (C=O) groups excluding carboxylic acids is 2. The van der Waals surface area contributed by atoms with Crippen LogP contribution in [0.15, 0.2) is 218 Å². The van der Waals surface area contributed by atoms with E-state index in [2.05, 4.69) is 11.5 Å². The maximum atomic E-state index is 14.2. The average Bonchev–Trinajstić information content (AvgIpc) is 3.75. The normalized spacial score (nSPS) is 11.6. The molecule has 13 heteroatoms. The number of rotatable bonds is 23. The van der Waals surface area contributed by atoms with Crippen molar-refractivity contribution in [2.24, 2.45) is 0 Å². The molecule has 0 saturated carbocycles. The Morgan fingerprint density at radius 2 is 0.747 bits per heavy atom. The number of halogens is 4. The lowest BCUT2D eigenvalue weighted by Crippen LogP contribution is -2.10. The van der Waals surface area contributed by atoms with E-state index in [4.69, 9.17) is 9.31 Å². The van der Waals surface area contributed by atoms with Crippen LogP contribution in [0.3, 0.4) is 0 Å². The van der Waals surface area contributed by atoms with Gasteiger partial charge in [-0.1, -0.05) is 112 Å². The number of aryl methyl sites for hydroxylation is 1. The number of hydrogen-bond acceptors (Lipinski definition) is 6. The zero-order chi connectivity index (χ0) is 52.1. The molecule has 0 spiro atoms. The molecule has 9 rings (SSSR count). The van der Waals surface area contributed by atoms with Crippen molar-refractivity contribution in [1.29, 1.82) is 0 Å². The largest absolute Gasteiger partial charge is 0.796 e. The fourth-order valence-corrected chi connectivity index (χ4v) is 9.42. The van der Waals surface area contributed by atoms with Gasteiger partial charge in [0, 0.05) is 96.9 Å². The first-order valence-electron chi connectivity index (χ1n) is 25.1. The first-order valence-corrected chi connectivity index (χ1v) is 25.1. The van der Waals surface area contributed by atoms with Crippen molar-refractivity contribution in [3.63, 3.8) is 0 Å². The van der Waals surface area contributed by atoms with Crippen molar-refractivity contribution < 1.29 is 36.2 Å². The monoisotopic (exact) mass is 1000 g/mol. The van der Waals surface area contributed by atoms with E-state index in [1.54, 1.807) is 72.8 Å². The Morgan fingerprint density at radius 1 is 0.427 bits per heavy atom. The summed E-state index contributed by atoms with van der Waals surface area (Å²) in [6, 6.07) is 63.0. The Balaban J connectivity index is 1.05. The Bertz CT molecular complexity index is 3120. The van der Waals surface area contributed by atoms with Gasteiger partial charge in [-0.3, -0.25) is 9.59 Å². The predicted octanol–water partition coefficient (Wildman–Crippen LogP) is 17.4. The summed E-state index contributed by atoms with van der Waals surface area (Å²) in [4.78, 5) is 32.5. The first kappa shape index (κ1) is 51.3. The van der Waals surface area contributed by atoms with Gasteiger partial charge in [0.05, 0.1) is 0 Å². The van der Waals surface area contributed by atoms with Gasteiger partial charge in [0.2, 0.25) is 0 Å². The molecule has 9 aromatic rings. The third-order valence-electron chi connectivity index (χ3n) is 13.0. The van der Waals surface area contributed by atoms with Crippen molar-refractivity contribution in [2.75, 3.05) is 9.80 Å². The summed E-state index contributed by atoms with van der Waals surface area (Å²) in [6.07, 6.45) is 8.58. The maximum absolute atomic E-state index is 14.2. The summed E-state index contributed by atoms with van der Waals surface area (Å²) in [5.74, 6) is -1.76. The van der Waals surface area contributed by atoms with Crippen LogP contribution in [0.25, 0.3) is 33.3 Å². The third kappa shape index (κ3) is 12.4. The minimum atomic E-state index is -3.21. The fourth-order valence-electron chi connectivity index (χ4n) is 9.42. The van der Waals surface area contributed by atoms with Crippen LogP contribution in [-0.2, 0) is 15.9 Å². The molecule has 0 saturated heterocycles. The van der Waals surface area contributed by atoms with Gasteiger partial charge in [0.25, 0.3) is 0 Å². The summed E-state index contributed by atoms with van der Waals surface area (Å²) in [5, 5.41) is 1.30. The van der Waals surface area contributed by atoms with Crippen LogP contribution in [-0.4, -0.2) is 31.1 Å². The lowest BCUT2D eigenvalue weighted by atomic mass is 10.0. The van der Waals surface area contributed by atoms with Crippen LogP contribution in [0.4, 0.5) is 51.4 Å². The van der Waals surface area contributed by atoms with Crippen molar-refractivity contribution in [3.05, 3.63) is 241 Å². The van der Waals surface area contributed by atoms with E-state index in [1.165, 1.54) is 6.42 Å². The number of ketones is 2. The number of unbranched alkanes of at least 4 members (excludes halogenated alkanes) is 5. The van der Waals surface area contributed by atoms with Crippen LogP contribution >= 0.6 is 0 Å². The van der Waals surface area contributed by atoms with Crippen LogP contribution in [0, 0.1) is 0 Å². The number of hydrogen-bond donors (Lipinski definition) is 0. The number of allylic oxidation sites excluding steroid dienone is 2. The molecule has 0 aliphatic heterocycles. The minimum absolute atomic E-state index is 0.207. The predicted molar refractivity (Wildman–Crippen MR) is 298 cm³/mol. The number of anilines is 6. The Hall–Kier alpha value is -8.57. The number of para-hydroxylation sites is 4. The smallest absolute Gasteiger partial charge is 0.505 e. The van der Waals surface area contributed by atoms with Gasteiger partial charge in [-0.05, 0) is 140 Å². The molecule has 0 atom stereocenters. The minimum Gasteiger partial charge on any atom is -0.505 e. The fraction of sp³-hybridized carbons (Fsp3) is 0.129. The summed E-state index contributed by atoms with van der Waals surface area (Å²) in [6.45, 7) is 2.84. The van der Waals surface area contributed by atoms with Crippen molar-refractivity contribution >= 4 is 94.0 Å². The molecule has 0 amide bonds. The van der Waals surface area contributed by atoms with Gasteiger partial charge >= 0.3 is 14.9 Å². The highest BCUT2D eigenvalue weighted by atomic mass is 19.2. The summed E-state index contributed by atoms with van der Waals surface area (Å²) < 4.78 is 68.5. The summed E-state index contributed by atoms with van der Waals surface area (Å²) >= 11 is 0. The van der Waals surface area contributed by atoms with Crippen molar-refractivity contribution in [3.8, 4) is 0 Å². The highest BCUT2D eigenvalue weighted by Crippen LogP contribution is 2.38. The van der Waals surface area contributed by atoms with Crippen LogP contribution in [0.5, 0.6) is 0 Å². The Labute approximate surface area is 435 Å². The molecule has 0 bridgehead atoms. The van der Waals surface area contributed by atoms with Crippen LogP contribution in [0.1, 0.15) is 77.3 Å². The average molecular weight is 1000 g/mol. The molecule has 0 N–H and O–H groups in total. The van der Waals surface area contributed by atoms with E-state index >= 15 is 0 Å². The summed E-state index contributed by atoms with van der Waals surface area (Å²) in [5.41, 5.74) is 7.67. The lowest BCUT2D eigenvalue weighted by molar-refractivity contribution is 0.103. The number of aromatic nitrogens is 1.